The Hall–Kier alpha value is -5.24. The molecule has 0 unspecified atom stereocenters. The molecular weight excluding hydrogens is 851 g/mol. The van der Waals surface area contributed by atoms with Gasteiger partial charge in [-0.25, -0.2) is 27.8 Å². The van der Waals surface area contributed by atoms with E-state index in [1.54, 1.807) is 40.0 Å². The van der Waals surface area contributed by atoms with Gasteiger partial charge < -0.3 is 30.2 Å². The molecule has 2 aliphatic rings. The van der Waals surface area contributed by atoms with Crippen LogP contribution in [0.4, 0.5) is 9.59 Å². The molecule has 2 fully saturated rings. The van der Waals surface area contributed by atoms with Crippen LogP contribution >= 0.6 is 11.3 Å². The second-order valence-corrected chi connectivity index (χ2v) is 20.2. The molecule has 1 aliphatic heterocycles. The number of carbonyl (C=O) groups excluding carboxylic acids is 5. The zero-order chi connectivity index (χ0) is 45.9. The molecule has 1 aromatic heterocycles. The van der Waals surface area contributed by atoms with Gasteiger partial charge in [0.15, 0.2) is 0 Å². The molecule has 19 heteroatoms. The van der Waals surface area contributed by atoms with E-state index in [0.717, 1.165) is 41.2 Å². The quantitative estimate of drug-likeness (QED) is 0.0593. The molecule has 63 heavy (non-hydrogen) atoms. The molecule has 3 atom stereocenters. The standard InChI is InChI=1S/C44H59N7O10S2/c1-29(2)40(51-27-38(53)50(43(51)57)25-34-28-62-30(3)47-34)41(55)48-36(22-31-12-8-7-9-13-31)37(52)26-49(24-33-14-10-11-15-33)63(58,59)35-18-16-32(17-19-35)23-46-61-39(54)20-21-45-42(56)60-44(4,5)6/h7-9,12-13,16-19,23,28-29,33,36-37,40,52H,10-11,14-15,20-22,24-27H2,1-6H3,(H,45,56)(H,48,55)/t36-,37+,40-/m0/s1. The van der Waals surface area contributed by atoms with Crippen molar-refractivity contribution in [3.8, 4) is 0 Å². The molecule has 1 aliphatic carbocycles. The lowest BCUT2D eigenvalue weighted by Crippen LogP contribution is -2.57. The smallest absolute Gasteiger partial charge is 0.407 e. The molecule has 5 amide bonds. The number of nitrogens with zero attached hydrogens (tertiary/aromatic N) is 5. The third-order valence-corrected chi connectivity index (χ3v) is 13.3. The highest BCUT2D eigenvalue weighted by Gasteiger charge is 2.44. The number of benzene rings is 2. The Morgan fingerprint density at radius 3 is 2.37 bits per heavy atom. The van der Waals surface area contributed by atoms with Crippen LogP contribution in [0.2, 0.25) is 0 Å². The normalized spacial score (nSPS) is 16.5. The Labute approximate surface area is 373 Å². The highest BCUT2D eigenvalue weighted by molar-refractivity contribution is 7.89. The fourth-order valence-corrected chi connectivity index (χ4v) is 9.67. The maximum Gasteiger partial charge on any atom is 0.407 e. The zero-order valence-electron chi connectivity index (χ0n) is 36.7. The number of urea groups is 1. The summed E-state index contributed by atoms with van der Waals surface area (Å²) in [7, 11) is -4.20. The van der Waals surface area contributed by atoms with Gasteiger partial charge in [0.05, 0.1) is 46.9 Å². The summed E-state index contributed by atoms with van der Waals surface area (Å²) in [6, 6.07) is 12.3. The Morgan fingerprint density at radius 2 is 1.75 bits per heavy atom. The van der Waals surface area contributed by atoms with Crippen LogP contribution in [0.3, 0.4) is 0 Å². The van der Waals surface area contributed by atoms with E-state index < -0.39 is 69.6 Å². The van der Waals surface area contributed by atoms with Gasteiger partial charge in [-0.15, -0.1) is 11.3 Å². The molecule has 2 heterocycles. The first-order valence-electron chi connectivity index (χ1n) is 21.2. The first-order chi connectivity index (χ1) is 29.8. The Morgan fingerprint density at radius 1 is 1.06 bits per heavy atom. The minimum atomic E-state index is -4.20. The SMILES string of the molecule is Cc1nc(CN2C(=O)CN([C@H](C(=O)N[C@@H](Cc3ccccc3)[C@H](O)CN(CC3CCCC3)S(=O)(=O)c3ccc(C=NOC(=O)CCNC(=O)OC(C)(C)C)cc3)C(C)C)C2=O)cs1. The van der Waals surface area contributed by atoms with Crippen molar-refractivity contribution in [2.45, 2.75) is 115 Å². The summed E-state index contributed by atoms with van der Waals surface area (Å²) in [6.07, 6.45) is 2.77. The van der Waals surface area contributed by atoms with E-state index in [4.69, 9.17) is 9.57 Å². The van der Waals surface area contributed by atoms with E-state index in [0.29, 0.717) is 11.3 Å². The summed E-state index contributed by atoms with van der Waals surface area (Å²) in [5, 5.41) is 23.7. The van der Waals surface area contributed by atoms with Gasteiger partial charge in [0, 0.05) is 25.0 Å². The van der Waals surface area contributed by atoms with Crippen LogP contribution in [0, 0.1) is 18.8 Å². The van der Waals surface area contributed by atoms with Crippen molar-refractivity contribution in [3.63, 3.8) is 0 Å². The number of thiazole rings is 1. The van der Waals surface area contributed by atoms with E-state index in [-0.39, 0.29) is 56.4 Å². The van der Waals surface area contributed by atoms with Gasteiger partial charge in [0.1, 0.15) is 18.2 Å². The summed E-state index contributed by atoms with van der Waals surface area (Å²) in [4.78, 5) is 76.6. The van der Waals surface area contributed by atoms with Crippen molar-refractivity contribution in [1.82, 2.24) is 29.7 Å². The van der Waals surface area contributed by atoms with Crippen LogP contribution in [0.25, 0.3) is 0 Å². The molecular formula is C44H59N7O10S2. The molecule has 1 saturated heterocycles. The summed E-state index contributed by atoms with van der Waals surface area (Å²) in [6.45, 7) is 10.00. The number of ether oxygens (including phenoxy) is 1. The first-order valence-corrected chi connectivity index (χ1v) is 23.5. The predicted octanol–water partition coefficient (Wildman–Crippen LogP) is 5.00. The number of aromatic nitrogens is 1. The maximum absolute atomic E-state index is 14.4. The molecule has 2 aromatic carbocycles. The van der Waals surface area contributed by atoms with Crippen molar-refractivity contribution < 1.29 is 47.1 Å². The minimum absolute atomic E-state index is 0.0185. The first kappa shape index (κ1) is 48.8. The fourth-order valence-electron chi connectivity index (χ4n) is 7.53. The minimum Gasteiger partial charge on any atom is -0.444 e. The fraction of sp³-hybridized carbons (Fsp3) is 0.523. The lowest BCUT2D eigenvalue weighted by molar-refractivity contribution is -0.143. The number of nitrogens with one attached hydrogen (secondary N) is 2. The molecule has 3 aromatic rings. The van der Waals surface area contributed by atoms with Crippen molar-refractivity contribution in [1.29, 1.82) is 0 Å². The number of aliphatic hydroxyl groups excluding tert-OH is 1. The van der Waals surface area contributed by atoms with Gasteiger partial charge in [-0.2, -0.15) is 4.31 Å². The molecule has 0 radical (unpaired) electrons. The zero-order valence-corrected chi connectivity index (χ0v) is 38.3. The van der Waals surface area contributed by atoms with E-state index in [2.05, 4.69) is 20.8 Å². The van der Waals surface area contributed by atoms with Gasteiger partial charge in [-0.05, 0) is 82.1 Å². The highest BCUT2D eigenvalue weighted by Crippen LogP contribution is 2.29. The monoisotopic (exact) mass is 909 g/mol. The summed E-state index contributed by atoms with van der Waals surface area (Å²) >= 11 is 1.40. The Balaban J connectivity index is 1.30. The van der Waals surface area contributed by atoms with Gasteiger partial charge in [0.2, 0.25) is 15.9 Å². The Bertz CT molecular complexity index is 2190. The van der Waals surface area contributed by atoms with Crippen molar-refractivity contribution in [2.24, 2.45) is 17.0 Å². The Kier molecular flexibility index (Phi) is 17.0. The van der Waals surface area contributed by atoms with Crippen LogP contribution in [-0.2, 0) is 46.9 Å². The number of hydrogen-bond acceptors (Lipinski definition) is 13. The number of aliphatic hydroxyl groups is 1. The van der Waals surface area contributed by atoms with Crippen LogP contribution in [0.1, 0.15) is 88.6 Å². The number of carbonyl (C=O) groups is 5. The van der Waals surface area contributed by atoms with E-state index in [9.17, 15) is 37.5 Å². The third-order valence-electron chi connectivity index (χ3n) is 10.6. The number of oxime groups is 1. The summed E-state index contributed by atoms with van der Waals surface area (Å²) in [5.74, 6) is -2.10. The van der Waals surface area contributed by atoms with Gasteiger partial charge in [-0.3, -0.25) is 14.5 Å². The highest BCUT2D eigenvalue weighted by atomic mass is 32.2. The second-order valence-electron chi connectivity index (χ2n) is 17.2. The average molecular weight is 910 g/mol. The lowest BCUT2D eigenvalue weighted by Gasteiger charge is -2.34. The number of hydrogen-bond donors (Lipinski definition) is 3. The average Bonchev–Trinajstić information content (AvgIpc) is 3.95. The van der Waals surface area contributed by atoms with Crippen molar-refractivity contribution >= 4 is 57.5 Å². The number of aryl methyl sites for hydroxylation is 1. The van der Waals surface area contributed by atoms with Crippen LogP contribution in [-0.4, -0.2) is 119 Å². The van der Waals surface area contributed by atoms with E-state index in [1.807, 2.05) is 37.3 Å². The largest absolute Gasteiger partial charge is 0.444 e. The summed E-state index contributed by atoms with van der Waals surface area (Å²) < 4.78 is 35.2. The van der Waals surface area contributed by atoms with Crippen LogP contribution < -0.4 is 10.6 Å². The van der Waals surface area contributed by atoms with Gasteiger partial charge in [-0.1, -0.05) is 74.3 Å². The number of sulfonamides is 1. The van der Waals surface area contributed by atoms with Crippen molar-refractivity contribution in [2.75, 3.05) is 26.2 Å². The molecule has 342 valence electrons. The molecule has 3 N–H and O–H groups in total. The maximum atomic E-state index is 14.4. The summed E-state index contributed by atoms with van der Waals surface area (Å²) in [5.41, 5.74) is 1.12. The lowest BCUT2D eigenvalue weighted by atomic mass is 9.97. The van der Waals surface area contributed by atoms with Crippen molar-refractivity contribution in [3.05, 3.63) is 81.8 Å². The number of alkyl carbamates (subject to hydrolysis) is 1. The van der Waals surface area contributed by atoms with Gasteiger partial charge in [0.25, 0.3) is 5.91 Å². The molecule has 5 rings (SSSR count). The molecule has 0 spiro atoms. The second kappa shape index (κ2) is 21.9. The molecule has 17 nitrogen and oxygen atoms in total. The third kappa shape index (κ3) is 14.1. The molecule has 0 bridgehead atoms. The topological polar surface area (TPSA) is 217 Å². The van der Waals surface area contributed by atoms with Crippen LogP contribution in [0.5, 0.6) is 0 Å². The van der Waals surface area contributed by atoms with Gasteiger partial charge >= 0.3 is 18.1 Å². The molecule has 1 saturated carbocycles. The van der Waals surface area contributed by atoms with Crippen LogP contribution in [0.15, 0.2) is 70.0 Å². The number of imide groups is 1. The number of rotatable bonds is 20. The number of amides is 5. The van der Waals surface area contributed by atoms with E-state index in [1.165, 1.54) is 51.0 Å². The van der Waals surface area contributed by atoms with E-state index >= 15 is 0 Å². The predicted molar refractivity (Wildman–Crippen MR) is 236 cm³/mol.